The monoisotopic (exact) mass is 366 g/mol. The van der Waals surface area contributed by atoms with Crippen LogP contribution in [0.15, 0.2) is 48.5 Å². The lowest BCUT2D eigenvalue weighted by atomic mass is 10.1. The largest absolute Gasteiger partial charge is 0.370 e. The van der Waals surface area contributed by atoms with E-state index in [2.05, 4.69) is 52.7 Å². The molecule has 2 aliphatic rings. The summed E-state index contributed by atoms with van der Waals surface area (Å²) < 4.78 is 5.41. The second kappa shape index (κ2) is 8.55. The fourth-order valence-corrected chi connectivity index (χ4v) is 3.90. The standard InChI is InChI=1S/C22H27N3O2/c26-22(17-25-10-9-20-3-1-2-4-21(20)25)23-15-18-5-7-19(8-6-18)16-24-11-13-27-14-12-24/h1-8H,9-17H2,(H,23,26)/p+1. The van der Waals surface area contributed by atoms with E-state index in [9.17, 15) is 4.79 Å². The Labute approximate surface area is 160 Å². The zero-order valence-electron chi connectivity index (χ0n) is 15.7. The van der Waals surface area contributed by atoms with Crippen molar-refractivity contribution >= 4 is 11.6 Å². The molecule has 2 N–H and O–H groups in total. The first-order valence-electron chi connectivity index (χ1n) is 9.86. The molecule has 4 rings (SSSR count). The Bertz CT molecular complexity index is 769. The van der Waals surface area contributed by atoms with Crippen molar-refractivity contribution in [3.8, 4) is 0 Å². The summed E-state index contributed by atoms with van der Waals surface area (Å²) in [6, 6.07) is 17.0. The van der Waals surface area contributed by atoms with E-state index in [4.69, 9.17) is 4.74 Å². The lowest BCUT2D eigenvalue weighted by molar-refractivity contribution is -0.921. The first-order valence-corrected chi connectivity index (χ1v) is 9.86. The van der Waals surface area contributed by atoms with Crippen molar-refractivity contribution in [3.05, 3.63) is 65.2 Å². The van der Waals surface area contributed by atoms with Gasteiger partial charge in [-0.15, -0.1) is 0 Å². The molecule has 27 heavy (non-hydrogen) atoms. The van der Waals surface area contributed by atoms with Gasteiger partial charge < -0.3 is 19.9 Å². The van der Waals surface area contributed by atoms with E-state index in [1.165, 1.54) is 16.8 Å². The molecule has 0 aliphatic carbocycles. The second-order valence-corrected chi connectivity index (χ2v) is 7.43. The van der Waals surface area contributed by atoms with E-state index in [0.717, 1.165) is 51.4 Å². The summed E-state index contributed by atoms with van der Waals surface area (Å²) >= 11 is 0. The van der Waals surface area contributed by atoms with Gasteiger partial charge in [0.1, 0.15) is 19.6 Å². The number of carbonyl (C=O) groups excluding carboxylic acids is 1. The molecule has 0 atom stereocenters. The third-order valence-electron chi connectivity index (χ3n) is 5.48. The zero-order chi connectivity index (χ0) is 18.5. The number of hydrogen-bond acceptors (Lipinski definition) is 3. The number of benzene rings is 2. The molecule has 2 aromatic carbocycles. The Morgan fingerprint density at radius 2 is 1.78 bits per heavy atom. The number of morpholine rings is 1. The Morgan fingerprint density at radius 3 is 2.59 bits per heavy atom. The number of carbonyl (C=O) groups is 1. The Morgan fingerprint density at radius 1 is 1.04 bits per heavy atom. The van der Waals surface area contributed by atoms with Crippen molar-refractivity contribution in [1.82, 2.24) is 5.32 Å². The van der Waals surface area contributed by atoms with Crippen LogP contribution in [0, 0.1) is 0 Å². The molecule has 1 fully saturated rings. The molecule has 0 unspecified atom stereocenters. The minimum absolute atomic E-state index is 0.0774. The van der Waals surface area contributed by atoms with Crippen molar-refractivity contribution in [2.75, 3.05) is 44.3 Å². The number of anilines is 1. The van der Waals surface area contributed by atoms with Crippen LogP contribution in [0.5, 0.6) is 0 Å². The van der Waals surface area contributed by atoms with Crippen LogP contribution < -0.4 is 15.1 Å². The van der Waals surface area contributed by atoms with Crippen molar-refractivity contribution in [2.24, 2.45) is 0 Å². The molecule has 1 saturated heterocycles. The maximum absolute atomic E-state index is 12.3. The molecule has 5 nitrogen and oxygen atoms in total. The summed E-state index contributed by atoms with van der Waals surface area (Å²) in [5, 5.41) is 3.06. The maximum atomic E-state index is 12.3. The van der Waals surface area contributed by atoms with Gasteiger partial charge in [-0.05, 0) is 23.6 Å². The number of hydrogen-bond donors (Lipinski definition) is 2. The van der Waals surface area contributed by atoms with E-state index < -0.39 is 0 Å². The molecule has 142 valence electrons. The molecule has 5 heteroatoms. The number of amides is 1. The summed E-state index contributed by atoms with van der Waals surface area (Å²) in [4.78, 5) is 16.1. The highest BCUT2D eigenvalue weighted by molar-refractivity contribution is 5.82. The van der Waals surface area contributed by atoms with Gasteiger partial charge in [-0.25, -0.2) is 0 Å². The zero-order valence-corrected chi connectivity index (χ0v) is 15.7. The maximum Gasteiger partial charge on any atom is 0.239 e. The number of ether oxygens (including phenoxy) is 1. The average molecular weight is 366 g/mol. The van der Waals surface area contributed by atoms with E-state index in [1.807, 2.05) is 6.07 Å². The van der Waals surface area contributed by atoms with Gasteiger partial charge in [0.05, 0.1) is 19.8 Å². The molecular formula is C22H28N3O2+. The van der Waals surface area contributed by atoms with Gasteiger partial charge in [-0.2, -0.15) is 0 Å². The lowest BCUT2D eigenvalue weighted by Gasteiger charge is -2.23. The van der Waals surface area contributed by atoms with Gasteiger partial charge >= 0.3 is 0 Å². The van der Waals surface area contributed by atoms with Gasteiger partial charge in [0.25, 0.3) is 0 Å². The van der Waals surface area contributed by atoms with Crippen LogP contribution in [0.1, 0.15) is 16.7 Å². The molecule has 0 spiro atoms. The average Bonchev–Trinajstić information content (AvgIpc) is 3.11. The van der Waals surface area contributed by atoms with E-state index in [0.29, 0.717) is 13.1 Å². The van der Waals surface area contributed by atoms with Gasteiger partial charge in [-0.3, -0.25) is 4.79 Å². The Balaban J connectivity index is 1.24. The number of nitrogens with one attached hydrogen (secondary N) is 2. The topological polar surface area (TPSA) is 46.0 Å². The number of rotatable bonds is 6. The molecule has 2 aromatic rings. The molecule has 0 radical (unpaired) electrons. The summed E-state index contributed by atoms with van der Waals surface area (Å²) in [6.07, 6.45) is 1.02. The highest BCUT2D eigenvalue weighted by Crippen LogP contribution is 2.26. The predicted molar refractivity (Wildman–Crippen MR) is 106 cm³/mol. The first-order chi connectivity index (χ1) is 13.3. The Kier molecular flexibility index (Phi) is 5.70. The molecular weight excluding hydrogens is 338 g/mol. The van der Waals surface area contributed by atoms with Gasteiger partial charge in [-0.1, -0.05) is 42.5 Å². The molecule has 0 saturated carbocycles. The molecule has 0 aromatic heterocycles. The number of para-hydroxylation sites is 1. The first kappa shape index (κ1) is 18.0. The molecule has 1 amide bonds. The lowest BCUT2D eigenvalue weighted by Crippen LogP contribution is -3.12. The summed E-state index contributed by atoms with van der Waals surface area (Å²) in [5.74, 6) is 0.0774. The van der Waals surface area contributed by atoms with E-state index in [-0.39, 0.29) is 5.91 Å². The van der Waals surface area contributed by atoms with Crippen LogP contribution in [0.2, 0.25) is 0 Å². The summed E-state index contributed by atoms with van der Waals surface area (Å²) in [7, 11) is 0. The third kappa shape index (κ3) is 4.67. The molecule has 0 bridgehead atoms. The van der Waals surface area contributed by atoms with Crippen LogP contribution in [-0.2, 0) is 29.0 Å². The van der Waals surface area contributed by atoms with Crippen molar-refractivity contribution in [3.63, 3.8) is 0 Å². The minimum Gasteiger partial charge on any atom is -0.370 e. The quantitative estimate of drug-likeness (QED) is 0.794. The van der Waals surface area contributed by atoms with Gasteiger partial charge in [0, 0.05) is 24.3 Å². The minimum atomic E-state index is 0.0774. The number of quaternary nitrogens is 1. The highest BCUT2D eigenvalue weighted by Gasteiger charge is 2.20. The van der Waals surface area contributed by atoms with Gasteiger partial charge in [0.15, 0.2) is 0 Å². The summed E-state index contributed by atoms with van der Waals surface area (Å²) in [6.45, 7) is 6.86. The smallest absolute Gasteiger partial charge is 0.239 e. The summed E-state index contributed by atoms with van der Waals surface area (Å²) in [5.41, 5.74) is 5.02. The molecule has 2 heterocycles. The highest BCUT2D eigenvalue weighted by atomic mass is 16.5. The van der Waals surface area contributed by atoms with Crippen molar-refractivity contribution in [2.45, 2.75) is 19.5 Å². The third-order valence-corrected chi connectivity index (χ3v) is 5.48. The van der Waals surface area contributed by atoms with Crippen LogP contribution in [0.25, 0.3) is 0 Å². The second-order valence-electron chi connectivity index (χ2n) is 7.43. The number of nitrogens with zero attached hydrogens (tertiary/aromatic N) is 1. The van der Waals surface area contributed by atoms with Crippen LogP contribution in [-0.4, -0.2) is 45.3 Å². The van der Waals surface area contributed by atoms with E-state index in [1.54, 1.807) is 4.90 Å². The molecule has 2 aliphatic heterocycles. The van der Waals surface area contributed by atoms with Crippen molar-refractivity contribution in [1.29, 1.82) is 0 Å². The van der Waals surface area contributed by atoms with Crippen molar-refractivity contribution < 1.29 is 14.4 Å². The fourth-order valence-electron chi connectivity index (χ4n) is 3.90. The predicted octanol–water partition coefficient (Wildman–Crippen LogP) is 0.781. The fraction of sp³-hybridized carbons (Fsp3) is 0.409. The van der Waals surface area contributed by atoms with Crippen LogP contribution in [0.4, 0.5) is 5.69 Å². The number of fused-ring (bicyclic) bond motifs is 1. The van der Waals surface area contributed by atoms with Crippen LogP contribution >= 0.6 is 0 Å². The van der Waals surface area contributed by atoms with E-state index >= 15 is 0 Å². The van der Waals surface area contributed by atoms with Crippen LogP contribution in [0.3, 0.4) is 0 Å². The Hall–Kier alpha value is -2.37. The SMILES string of the molecule is O=C(CN1CCc2ccccc21)NCc1ccc(C[NH+]2CCOCC2)cc1. The van der Waals surface area contributed by atoms with Gasteiger partial charge in [0.2, 0.25) is 5.91 Å². The normalized spacial score (nSPS) is 17.0.